The van der Waals surface area contributed by atoms with E-state index in [2.05, 4.69) is 43.6 Å². The average molecular weight is 245 g/mol. The molecule has 0 aliphatic carbocycles. The zero-order valence-corrected chi connectivity index (χ0v) is 11.4. The molecule has 1 amide bonds. The molecule has 0 unspecified atom stereocenters. The molecule has 0 saturated heterocycles. The second-order valence-corrected chi connectivity index (χ2v) is 5.06. The van der Waals surface area contributed by atoms with E-state index in [9.17, 15) is 4.79 Å². The van der Waals surface area contributed by atoms with Gasteiger partial charge in [-0.15, -0.1) is 0 Å². The maximum absolute atomic E-state index is 11.3. The van der Waals surface area contributed by atoms with Crippen LogP contribution in [0.4, 0.5) is 0 Å². The molecule has 0 aromatic carbocycles. The van der Waals surface area contributed by atoms with Crippen molar-refractivity contribution in [1.82, 2.24) is 16.0 Å². The van der Waals surface area contributed by atoms with Crippen molar-refractivity contribution in [2.75, 3.05) is 19.6 Å². The molecule has 0 aromatic heterocycles. The third-order valence-electron chi connectivity index (χ3n) is 1.79. The van der Waals surface area contributed by atoms with Crippen LogP contribution >= 0.6 is 12.2 Å². The van der Waals surface area contributed by atoms with E-state index in [-0.39, 0.29) is 12.5 Å². The molecule has 16 heavy (non-hydrogen) atoms. The summed E-state index contributed by atoms with van der Waals surface area (Å²) in [6.45, 7) is 10.1. The van der Waals surface area contributed by atoms with Crippen molar-refractivity contribution in [3.8, 4) is 0 Å². The van der Waals surface area contributed by atoms with Crippen molar-refractivity contribution < 1.29 is 4.79 Å². The summed E-state index contributed by atoms with van der Waals surface area (Å²) in [5, 5.41) is 9.26. The van der Waals surface area contributed by atoms with Crippen LogP contribution in [0, 0.1) is 11.8 Å². The molecule has 0 atom stereocenters. The monoisotopic (exact) mass is 245 g/mol. The van der Waals surface area contributed by atoms with Gasteiger partial charge in [-0.2, -0.15) is 0 Å². The first-order chi connectivity index (χ1) is 7.41. The Bertz CT molecular complexity index is 205. The van der Waals surface area contributed by atoms with Crippen LogP contribution in [-0.4, -0.2) is 30.7 Å². The van der Waals surface area contributed by atoms with Crippen molar-refractivity contribution in [3.05, 3.63) is 0 Å². The third kappa shape index (κ3) is 9.71. The van der Waals surface area contributed by atoms with Crippen LogP contribution in [0.15, 0.2) is 0 Å². The first-order valence-electron chi connectivity index (χ1n) is 5.70. The Labute approximate surface area is 104 Å². The number of thiocarbonyl (C=S) groups is 1. The molecule has 0 radical (unpaired) electrons. The quantitative estimate of drug-likeness (QED) is 0.608. The van der Waals surface area contributed by atoms with Gasteiger partial charge in [0.2, 0.25) is 5.91 Å². The van der Waals surface area contributed by atoms with Gasteiger partial charge in [-0.3, -0.25) is 4.79 Å². The van der Waals surface area contributed by atoms with Crippen molar-refractivity contribution in [1.29, 1.82) is 0 Å². The fraction of sp³-hybridized carbons (Fsp3) is 0.818. The van der Waals surface area contributed by atoms with Gasteiger partial charge in [0, 0.05) is 13.1 Å². The average Bonchev–Trinajstić information content (AvgIpc) is 2.20. The summed E-state index contributed by atoms with van der Waals surface area (Å²) in [6.07, 6.45) is 0. The lowest BCUT2D eigenvalue weighted by atomic mass is 10.2. The Hall–Kier alpha value is -0.840. The highest BCUT2D eigenvalue weighted by Crippen LogP contribution is 1.87. The number of amides is 1. The molecule has 0 heterocycles. The molecule has 0 aliphatic rings. The fourth-order valence-electron chi connectivity index (χ4n) is 0.900. The van der Waals surface area contributed by atoms with Crippen LogP contribution < -0.4 is 16.0 Å². The number of hydrogen-bond acceptors (Lipinski definition) is 2. The van der Waals surface area contributed by atoms with Crippen LogP contribution in [0.2, 0.25) is 0 Å². The maximum atomic E-state index is 11.3. The largest absolute Gasteiger partial charge is 0.362 e. The first kappa shape index (κ1) is 15.2. The van der Waals surface area contributed by atoms with E-state index in [1.54, 1.807) is 0 Å². The van der Waals surface area contributed by atoms with Gasteiger partial charge in [-0.25, -0.2) is 0 Å². The summed E-state index contributed by atoms with van der Waals surface area (Å²) in [5.74, 6) is 0.979. The minimum absolute atomic E-state index is 0.0256. The van der Waals surface area contributed by atoms with Gasteiger partial charge in [0.25, 0.3) is 0 Å². The molecule has 0 fully saturated rings. The summed E-state index contributed by atoms with van der Waals surface area (Å²) in [6, 6.07) is 0. The lowest BCUT2D eigenvalue weighted by molar-refractivity contribution is -0.120. The summed E-state index contributed by atoms with van der Waals surface area (Å²) in [5.41, 5.74) is 0. The standard InChI is InChI=1S/C11H23N3OS/c1-8(2)5-12-10(15)7-14-11(16)13-6-9(3)4/h8-9H,5-7H2,1-4H3,(H,12,15)(H2,13,14,16). The van der Waals surface area contributed by atoms with Crippen LogP contribution in [0.25, 0.3) is 0 Å². The summed E-state index contributed by atoms with van der Waals surface area (Å²) in [7, 11) is 0. The number of hydrogen-bond donors (Lipinski definition) is 3. The fourth-order valence-corrected chi connectivity index (χ4v) is 1.06. The number of carbonyl (C=O) groups excluding carboxylic acids is 1. The van der Waals surface area contributed by atoms with E-state index in [0.717, 1.165) is 6.54 Å². The third-order valence-corrected chi connectivity index (χ3v) is 2.08. The van der Waals surface area contributed by atoms with Crippen molar-refractivity contribution in [2.24, 2.45) is 11.8 Å². The van der Waals surface area contributed by atoms with Crippen molar-refractivity contribution in [3.63, 3.8) is 0 Å². The highest BCUT2D eigenvalue weighted by molar-refractivity contribution is 7.80. The zero-order valence-electron chi connectivity index (χ0n) is 10.6. The minimum atomic E-state index is -0.0256. The van der Waals surface area contributed by atoms with E-state index in [1.165, 1.54) is 0 Å². The molecule has 5 heteroatoms. The number of carbonyl (C=O) groups is 1. The summed E-state index contributed by atoms with van der Waals surface area (Å²) >= 11 is 5.02. The van der Waals surface area contributed by atoms with E-state index in [0.29, 0.717) is 23.5 Å². The van der Waals surface area contributed by atoms with Crippen LogP contribution in [0.5, 0.6) is 0 Å². The second-order valence-electron chi connectivity index (χ2n) is 4.66. The number of nitrogens with one attached hydrogen (secondary N) is 3. The van der Waals surface area contributed by atoms with Gasteiger partial charge in [0.05, 0.1) is 6.54 Å². The Balaban J connectivity index is 3.55. The lowest BCUT2D eigenvalue weighted by Gasteiger charge is -2.12. The molecule has 0 saturated carbocycles. The Morgan fingerprint density at radius 2 is 1.50 bits per heavy atom. The summed E-state index contributed by atoms with van der Waals surface area (Å²) < 4.78 is 0. The van der Waals surface area contributed by atoms with E-state index in [4.69, 9.17) is 12.2 Å². The maximum Gasteiger partial charge on any atom is 0.239 e. The molecule has 0 rings (SSSR count). The van der Waals surface area contributed by atoms with Crippen molar-refractivity contribution in [2.45, 2.75) is 27.7 Å². The normalized spacial score (nSPS) is 10.4. The van der Waals surface area contributed by atoms with Crippen molar-refractivity contribution >= 4 is 23.2 Å². The van der Waals surface area contributed by atoms with Gasteiger partial charge in [0.15, 0.2) is 5.11 Å². The highest BCUT2D eigenvalue weighted by atomic mass is 32.1. The molecular formula is C11H23N3OS. The lowest BCUT2D eigenvalue weighted by Crippen LogP contribution is -2.43. The van der Waals surface area contributed by atoms with Gasteiger partial charge in [0.1, 0.15) is 0 Å². The van der Waals surface area contributed by atoms with E-state index >= 15 is 0 Å². The molecule has 0 aromatic rings. The van der Waals surface area contributed by atoms with Crippen LogP contribution in [0.3, 0.4) is 0 Å². The molecule has 0 aliphatic heterocycles. The Morgan fingerprint density at radius 3 is 2.00 bits per heavy atom. The minimum Gasteiger partial charge on any atom is -0.362 e. The predicted molar refractivity (Wildman–Crippen MR) is 71.3 cm³/mol. The van der Waals surface area contributed by atoms with Crippen LogP contribution in [-0.2, 0) is 4.79 Å². The smallest absolute Gasteiger partial charge is 0.239 e. The number of rotatable bonds is 6. The van der Waals surface area contributed by atoms with Gasteiger partial charge < -0.3 is 16.0 Å². The predicted octanol–water partition coefficient (Wildman–Crippen LogP) is 0.879. The Morgan fingerprint density at radius 1 is 1.00 bits per heavy atom. The Kier molecular flexibility index (Phi) is 7.89. The van der Waals surface area contributed by atoms with Crippen LogP contribution in [0.1, 0.15) is 27.7 Å². The highest BCUT2D eigenvalue weighted by Gasteiger charge is 2.03. The molecule has 0 bridgehead atoms. The van der Waals surface area contributed by atoms with E-state index in [1.807, 2.05) is 0 Å². The second kappa shape index (κ2) is 8.33. The van der Waals surface area contributed by atoms with Gasteiger partial charge in [-0.05, 0) is 24.1 Å². The first-order valence-corrected chi connectivity index (χ1v) is 6.11. The van der Waals surface area contributed by atoms with Gasteiger partial charge in [-0.1, -0.05) is 27.7 Å². The zero-order chi connectivity index (χ0) is 12.6. The molecule has 4 nitrogen and oxygen atoms in total. The van der Waals surface area contributed by atoms with Gasteiger partial charge >= 0.3 is 0 Å². The molecule has 0 spiro atoms. The van der Waals surface area contributed by atoms with E-state index < -0.39 is 0 Å². The molecular weight excluding hydrogens is 222 g/mol. The summed E-state index contributed by atoms with van der Waals surface area (Å²) in [4.78, 5) is 11.3. The molecule has 3 N–H and O–H groups in total. The molecule has 94 valence electrons. The SMILES string of the molecule is CC(C)CNC(=O)CNC(=S)NCC(C)C. The topological polar surface area (TPSA) is 53.2 Å².